The summed E-state index contributed by atoms with van der Waals surface area (Å²) in [7, 11) is 1.72. The summed E-state index contributed by atoms with van der Waals surface area (Å²) in [5.74, 6) is 0.409. The van der Waals surface area contributed by atoms with Gasteiger partial charge < -0.3 is 15.4 Å². The predicted molar refractivity (Wildman–Crippen MR) is 64.3 cm³/mol. The van der Waals surface area contributed by atoms with Crippen molar-refractivity contribution in [2.24, 2.45) is 5.92 Å². The maximum absolute atomic E-state index is 11.7. The van der Waals surface area contributed by atoms with E-state index >= 15 is 0 Å². The van der Waals surface area contributed by atoms with E-state index < -0.39 is 0 Å². The molecule has 0 aromatic rings. The Kier molecular flexibility index (Phi) is 7.17. The quantitative estimate of drug-likeness (QED) is 0.637. The monoisotopic (exact) mass is 228 g/mol. The van der Waals surface area contributed by atoms with Gasteiger partial charge in [0.2, 0.25) is 5.91 Å². The molecule has 94 valence electrons. The van der Waals surface area contributed by atoms with Gasteiger partial charge in [0, 0.05) is 26.8 Å². The molecule has 16 heavy (non-hydrogen) atoms. The van der Waals surface area contributed by atoms with Gasteiger partial charge in [0.05, 0.1) is 5.92 Å². The largest absolute Gasteiger partial charge is 0.385 e. The molecular weight excluding hydrogens is 204 g/mol. The number of amides is 1. The van der Waals surface area contributed by atoms with E-state index in [1.807, 2.05) is 0 Å². The average molecular weight is 228 g/mol. The molecule has 1 amide bonds. The van der Waals surface area contributed by atoms with Crippen LogP contribution in [0.15, 0.2) is 0 Å². The van der Waals surface area contributed by atoms with E-state index in [1.54, 1.807) is 7.11 Å². The summed E-state index contributed by atoms with van der Waals surface area (Å²) in [6.45, 7) is 3.52. The minimum atomic E-state index is 0.188. The first-order valence-electron chi connectivity index (χ1n) is 6.32. The van der Waals surface area contributed by atoms with Crippen LogP contribution in [0.5, 0.6) is 0 Å². The van der Waals surface area contributed by atoms with E-state index in [4.69, 9.17) is 4.74 Å². The lowest BCUT2D eigenvalue weighted by Gasteiger charge is -2.21. The van der Waals surface area contributed by atoms with Crippen molar-refractivity contribution in [2.45, 2.75) is 32.1 Å². The summed E-state index contributed by atoms with van der Waals surface area (Å²) in [4.78, 5) is 11.7. The van der Waals surface area contributed by atoms with Gasteiger partial charge in [-0.3, -0.25) is 4.79 Å². The lowest BCUT2D eigenvalue weighted by Crippen LogP contribution is -2.40. The van der Waals surface area contributed by atoms with Gasteiger partial charge in [-0.15, -0.1) is 0 Å². The van der Waals surface area contributed by atoms with Crippen LogP contribution in [-0.2, 0) is 9.53 Å². The minimum absolute atomic E-state index is 0.188. The highest BCUT2D eigenvalue weighted by molar-refractivity contribution is 5.78. The summed E-state index contributed by atoms with van der Waals surface area (Å²) >= 11 is 0. The molecule has 0 aromatic heterocycles. The fourth-order valence-electron chi connectivity index (χ4n) is 1.98. The number of methoxy groups -OCH3 is 1. The van der Waals surface area contributed by atoms with Crippen molar-refractivity contribution >= 4 is 5.91 Å². The molecule has 2 N–H and O–H groups in total. The molecule has 0 aromatic carbocycles. The number of rotatable bonds is 7. The van der Waals surface area contributed by atoms with Gasteiger partial charge in [-0.05, 0) is 38.6 Å². The fourth-order valence-corrected chi connectivity index (χ4v) is 1.98. The van der Waals surface area contributed by atoms with Gasteiger partial charge >= 0.3 is 0 Å². The van der Waals surface area contributed by atoms with Crippen LogP contribution >= 0.6 is 0 Å². The fraction of sp³-hybridized carbons (Fsp3) is 0.917. The molecule has 0 spiro atoms. The molecule has 0 bridgehead atoms. The normalized spacial score (nSPS) is 20.7. The highest BCUT2D eigenvalue weighted by Crippen LogP contribution is 2.09. The van der Waals surface area contributed by atoms with Crippen LogP contribution < -0.4 is 10.6 Å². The SMILES string of the molecule is COCCCCCNC(=O)C1CCCNC1. The lowest BCUT2D eigenvalue weighted by atomic mass is 9.99. The van der Waals surface area contributed by atoms with Crippen molar-refractivity contribution in [3.63, 3.8) is 0 Å². The summed E-state index contributed by atoms with van der Waals surface area (Å²) in [6.07, 6.45) is 5.40. The first kappa shape index (κ1) is 13.5. The lowest BCUT2D eigenvalue weighted by molar-refractivity contribution is -0.125. The van der Waals surface area contributed by atoms with Crippen LogP contribution in [0.1, 0.15) is 32.1 Å². The van der Waals surface area contributed by atoms with Crippen LogP contribution in [0.2, 0.25) is 0 Å². The van der Waals surface area contributed by atoms with E-state index in [9.17, 15) is 4.79 Å². The zero-order chi connectivity index (χ0) is 11.6. The Balaban J connectivity index is 1.97. The van der Waals surface area contributed by atoms with Gasteiger partial charge in [-0.1, -0.05) is 0 Å². The van der Waals surface area contributed by atoms with Crippen molar-refractivity contribution in [3.05, 3.63) is 0 Å². The number of nitrogens with one attached hydrogen (secondary N) is 2. The zero-order valence-corrected chi connectivity index (χ0v) is 10.3. The molecule has 1 atom stereocenters. The van der Waals surface area contributed by atoms with Crippen molar-refractivity contribution in [3.8, 4) is 0 Å². The maximum Gasteiger partial charge on any atom is 0.224 e. The number of ether oxygens (including phenoxy) is 1. The third kappa shape index (κ3) is 5.47. The number of carbonyl (C=O) groups excluding carboxylic acids is 1. The van der Waals surface area contributed by atoms with E-state index in [2.05, 4.69) is 10.6 Å². The zero-order valence-electron chi connectivity index (χ0n) is 10.3. The van der Waals surface area contributed by atoms with Crippen molar-refractivity contribution in [1.82, 2.24) is 10.6 Å². The minimum Gasteiger partial charge on any atom is -0.385 e. The van der Waals surface area contributed by atoms with Crippen LogP contribution in [0, 0.1) is 5.92 Å². The smallest absolute Gasteiger partial charge is 0.224 e. The molecular formula is C12H24N2O2. The Hall–Kier alpha value is -0.610. The molecule has 0 radical (unpaired) electrons. The van der Waals surface area contributed by atoms with E-state index in [-0.39, 0.29) is 11.8 Å². The van der Waals surface area contributed by atoms with E-state index in [1.165, 1.54) is 0 Å². The molecule has 1 aliphatic rings. The summed E-state index contributed by atoms with van der Waals surface area (Å²) in [6, 6.07) is 0. The van der Waals surface area contributed by atoms with Crippen molar-refractivity contribution < 1.29 is 9.53 Å². The van der Waals surface area contributed by atoms with Crippen LogP contribution in [0.3, 0.4) is 0 Å². The van der Waals surface area contributed by atoms with Gasteiger partial charge in [0.25, 0.3) is 0 Å². The third-order valence-electron chi connectivity index (χ3n) is 2.99. The molecule has 1 heterocycles. The Labute approximate surface area is 98.1 Å². The molecule has 1 unspecified atom stereocenters. The topological polar surface area (TPSA) is 50.4 Å². The first-order chi connectivity index (χ1) is 7.84. The van der Waals surface area contributed by atoms with Crippen molar-refractivity contribution in [2.75, 3.05) is 33.4 Å². The molecule has 0 saturated carbocycles. The van der Waals surface area contributed by atoms with Crippen LogP contribution in [-0.4, -0.2) is 39.3 Å². The molecule has 1 saturated heterocycles. The maximum atomic E-state index is 11.7. The van der Waals surface area contributed by atoms with Crippen LogP contribution in [0.25, 0.3) is 0 Å². The second kappa shape index (κ2) is 8.53. The highest BCUT2D eigenvalue weighted by atomic mass is 16.5. The average Bonchev–Trinajstić information content (AvgIpc) is 2.34. The number of carbonyl (C=O) groups is 1. The molecule has 0 aliphatic carbocycles. The summed E-state index contributed by atoms with van der Waals surface area (Å²) < 4.78 is 4.97. The van der Waals surface area contributed by atoms with Gasteiger partial charge in [-0.2, -0.15) is 0 Å². The number of hydrogen-bond acceptors (Lipinski definition) is 3. The van der Waals surface area contributed by atoms with E-state index in [0.29, 0.717) is 0 Å². The molecule has 1 rings (SSSR count). The summed E-state index contributed by atoms with van der Waals surface area (Å²) in [5, 5.41) is 6.27. The third-order valence-corrected chi connectivity index (χ3v) is 2.99. The van der Waals surface area contributed by atoms with E-state index in [0.717, 1.165) is 58.3 Å². The Morgan fingerprint density at radius 1 is 1.44 bits per heavy atom. The van der Waals surface area contributed by atoms with Crippen LogP contribution in [0.4, 0.5) is 0 Å². The first-order valence-corrected chi connectivity index (χ1v) is 6.32. The number of unbranched alkanes of at least 4 members (excludes halogenated alkanes) is 2. The van der Waals surface area contributed by atoms with Crippen molar-refractivity contribution in [1.29, 1.82) is 0 Å². The summed E-state index contributed by atoms with van der Waals surface area (Å²) in [5.41, 5.74) is 0. The standard InChI is InChI=1S/C12H24N2O2/c1-16-9-4-2-3-8-14-12(15)11-6-5-7-13-10-11/h11,13H,2-10H2,1H3,(H,14,15). The highest BCUT2D eigenvalue weighted by Gasteiger charge is 2.19. The van der Waals surface area contributed by atoms with Gasteiger partial charge in [-0.25, -0.2) is 0 Å². The molecule has 4 nitrogen and oxygen atoms in total. The Bertz CT molecular complexity index is 191. The van der Waals surface area contributed by atoms with Gasteiger partial charge in [0.15, 0.2) is 0 Å². The Morgan fingerprint density at radius 3 is 3.00 bits per heavy atom. The Morgan fingerprint density at radius 2 is 2.31 bits per heavy atom. The second-order valence-electron chi connectivity index (χ2n) is 4.39. The molecule has 1 aliphatic heterocycles. The second-order valence-corrected chi connectivity index (χ2v) is 4.39. The number of piperidine rings is 1. The number of hydrogen-bond donors (Lipinski definition) is 2. The van der Waals surface area contributed by atoms with Gasteiger partial charge in [0.1, 0.15) is 0 Å². The molecule has 1 fully saturated rings. The predicted octanol–water partition coefficient (Wildman–Crippen LogP) is 0.919. The molecule has 4 heteroatoms.